The van der Waals surface area contributed by atoms with Gasteiger partial charge in [0.25, 0.3) is 0 Å². The number of benzene rings is 1. The summed E-state index contributed by atoms with van der Waals surface area (Å²) in [6.45, 7) is 6.38. The van der Waals surface area contributed by atoms with Crippen LogP contribution in [0.2, 0.25) is 0 Å². The average molecular weight is 405 g/mol. The van der Waals surface area contributed by atoms with Crippen molar-refractivity contribution in [1.29, 1.82) is 0 Å². The van der Waals surface area contributed by atoms with Gasteiger partial charge in [-0.25, -0.2) is 9.97 Å². The number of ether oxygens (including phenoxy) is 1. The quantitative estimate of drug-likeness (QED) is 0.672. The number of aliphatic hydroxyl groups is 1. The summed E-state index contributed by atoms with van der Waals surface area (Å²) in [5.41, 5.74) is 3.84. The zero-order valence-electron chi connectivity index (χ0n) is 17.4. The SMILES string of the molecule is C=C[C@H]1CC2(CCN(c3ncc(-c4cc5ccccc5n4C)nc3CO)CC2)CO1. The molecule has 1 aromatic carbocycles. The van der Waals surface area contributed by atoms with E-state index < -0.39 is 0 Å². The average Bonchev–Trinajstić information content (AvgIpc) is 3.35. The summed E-state index contributed by atoms with van der Waals surface area (Å²) in [7, 11) is 2.04. The van der Waals surface area contributed by atoms with Gasteiger partial charge in [0.2, 0.25) is 0 Å². The molecule has 2 fully saturated rings. The van der Waals surface area contributed by atoms with E-state index in [2.05, 4.69) is 34.2 Å². The van der Waals surface area contributed by atoms with E-state index in [0.29, 0.717) is 5.69 Å². The van der Waals surface area contributed by atoms with Gasteiger partial charge >= 0.3 is 0 Å². The lowest BCUT2D eigenvalue weighted by atomic mass is 9.76. The van der Waals surface area contributed by atoms with E-state index in [0.717, 1.165) is 61.7 Å². The van der Waals surface area contributed by atoms with Crippen LogP contribution in [0.15, 0.2) is 49.2 Å². The fourth-order valence-electron chi connectivity index (χ4n) is 4.97. The summed E-state index contributed by atoms with van der Waals surface area (Å²) in [5.74, 6) is 0.800. The highest BCUT2D eigenvalue weighted by atomic mass is 16.5. The Bertz CT molecular complexity index is 1080. The topological polar surface area (TPSA) is 63.4 Å². The molecule has 2 saturated heterocycles. The second-order valence-corrected chi connectivity index (χ2v) is 8.61. The van der Waals surface area contributed by atoms with Crippen molar-refractivity contribution in [2.75, 3.05) is 24.6 Å². The number of anilines is 1. The monoisotopic (exact) mass is 404 g/mol. The van der Waals surface area contributed by atoms with Crippen molar-refractivity contribution in [3.05, 3.63) is 54.9 Å². The highest BCUT2D eigenvalue weighted by Gasteiger charge is 2.42. The third-order valence-corrected chi connectivity index (χ3v) is 6.81. The Balaban J connectivity index is 1.40. The fraction of sp³-hybridized carbons (Fsp3) is 0.417. The molecule has 0 bridgehead atoms. The molecule has 6 nitrogen and oxygen atoms in total. The molecule has 0 amide bonds. The largest absolute Gasteiger partial charge is 0.390 e. The van der Waals surface area contributed by atoms with Crippen LogP contribution in [0.1, 0.15) is 25.0 Å². The molecule has 4 heterocycles. The van der Waals surface area contributed by atoms with E-state index in [1.165, 1.54) is 5.39 Å². The Morgan fingerprint density at radius 3 is 2.80 bits per heavy atom. The van der Waals surface area contributed by atoms with E-state index in [1.807, 2.05) is 31.5 Å². The molecule has 1 atom stereocenters. The van der Waals surface area contributed by atoms with Gasteiger partial charge in [-0.15, -0.1) is 6.58 Å². The Kier molecular flexibility index (Phi) is 4.83. The molecular formula is C24H28N4O2. The van der Waals surface area contributed by atoms with Crippen LogP contribution in [0.25, 0.3) is 22.3 Å². The second kappa shape index (κ2) is 7.52. The summed E-state index contributed by atoms with van der Waals surface area (Å²) in [4.78, 5) is 11.8. The first-order valence-electron chi connectivity index (χ1n) is 10.6. The van der Waals surface area contributed by atoms with Gasteiger partial charge in [0.15, 0.2) is 5.82 Å². The van der Waals surface area contributed by atoms with Crippen LogP contribution in [-0.2, 0) is 18.4 Å². The molecule has 2 aromatic heterocycles. The molecule has 0 aliphatic carbocycles. The van der Waals surface area contributed by atoms with Crippen molar-refractivity contribution in [1.82, 2.24) is 14.5 Å². The minimum Gasteiger partial charge on any atom is -0.390 e. The number of hydrogen-bond donors (Lipinski definition) is 1. The van der Waals surface area contributed by atoms with E-state index in [9.17, 15) is 5.11 Å². The van der Waals surface area contributed by atoms with Crippen molar-refractivity contribution in [2.45, 2.75) is 32.0 Å². The summed E-state index contributed by atoms with van der Waals surface area (Å²) in [6.07, 6.45) is 7.12. The smallest absolute Gasteiger partial charge is 0.152 e. The number of piperidine rings is 1. The van der Waals surface area contributed by atoms with Gasteiger partial charge in [-0.2, -0.15) is 0 Å². The van der Waals surface area contributed by atoms with Crippen LogP contribution in [0.5, 0.6) is 0 Å². The predicted molar refractivity (Wildman–Crippen MR) is 118 cm³/mol. The van der Waals surface area contributed by atoms with Gasteiger partial charge < -0.3 is 19.3 Å². The van der Waals surface area contributed by atoms with Gasteiger partial charge in [0.05, 0.1) is 31.2 Å². The zero-order valence-corrected chi connectivity index (χ0v) is 17.4. The molecule has 5 rings (SSSR count). The van der Waals surface area contributed by atoms with Crippen LogP contribution in [0.3, 0.4) is 0 Å². The van der Waals surface area contributed by atoms with Crippen molar-refractivity contribution in [3.63, 3.8) is 0 Å². The standard InChI is InChI=1S/C24H28N4O2/c1-3-18-13-24(16-30-18)8-10-28(11-9-24)23-20(15-29)26-19(14-25-23)22-12-17-6-4-5-7-21(17)27(22)2/h3-7,12,14,18,29H,1,8-11,13,15-16H2,2H3/t18-/m0/s1. The van der Waals surface area contributed by atoms with Gasteiger partial charge in [-0.05, 0) is 36.8 Å². The highest BCUT2D eigenvalue weighted by molar-refractivity contribution is 5.86. The molecule has 2 aliphatic rings. The lowest BCUT2D eigenvalue weighted by Crippen LogP contribution is -2.41. The molecule has 1 spiro atoms. The van der Waals surface area contributed by atoms with Crippen LogP contribution >= 0.6 is 0 Å². The molecule has 0 radical (unpaired) electrons. The van der Waals surface area contributed by atoms with E-state index >= 15 is 0 Å². The Morgan fingerprint density at radius 2 is 2.10 bits per heavy atom. The number of nitrogens with zero attached hydrogens (tertiary/aromatic N) is 4. The maximum absolute atomic E-state index is 10.0. The van der Waals surface area contributed by atoms with E-state index in [4.69, 9.17) is 14.7 Å². The summed E-state index contributed by atoms with van der Waals surface area (Å²) >= 11 is 0. The first-order chi connectivity index (χ1) is 14.6. The molecule has 1 N–H and O–H groups in total. The summed E-state index contributed by atoms with van der Waals surface area (Å²) < 4.78 is 8.00. The predicted octanol–water partition coefficient (Wildman–Crippen LogP) is 3.69. The van der Waals surface area contributed by atoms with Crippen molar-refractivity contribution in [3.8, 4) is 11.4 Å². The number of para-hydroxylation sites is 1. The van der Waals surface area contributed by atoms with Crippen molar-refractivity contribution < 1.29 is 9.84 Å². The molecule has 0 unspecified atom stereocenters. The van der Waals surface area contributed by atoms with Gasteiger partial charge in [-0.1, -0.05) is 24.3 Å². The number of aliphatic hydroxyl groups excluding tert-OH is 1. The van der Waals surface area contributed by atoms with Crippen LogP contribution in [0, 0.1) is 5.41 Å². The third-order valence-electron chi connectivity index (χ3n) is 6.81. The highest BCUT2D eigenvalue weighted by Crippen LogP contribution is 2.43. The first-order valence-corrected chi connectivity index (χ1v) is 10.6. The number of rotatable bonds is 4. The lowest BCUT2D eigenvalue weighted by Gasteiger charge is -2.39. The van der Waals surface area contributed by atoms with Crippen LogP contribution in [0.4, 0.5) is 5.82 Å². The second-order valence-electron chi connectivity index (χ2n) is 8.61. The van der Waals surface area contributed by atoms with E-state index in [-0.39, 0.29) is 18.1 Å². The molecule has 0 saturated carbocycles. The number of fused-ring (bicyclic) bond motifs is 1. The third kappa shape index (κ3) is 3.20. The molecule has 30 heavy (non-hydrogen) atoms. The molecule has 2 aliphatic heterocycles. The zero-order chi connectivity index (χ0) is 20.7. The van der Waals surface area contributed by atoms with Crippen molar-refractivity contribution >= 4 is 16.7 Å². The van der Waals surface area contributed by atoms with Crippen LogP contribution in [-0.4, -0.2) is 45.4 Å². The van der Waals surface area contributed by atoms with Gasteiger partial charge in [0, 0.05) is 31.0 Å². The minimum absolute atomic E-state index is 0.122. The molecule has 156 valence electrons. The molecule has 3 aromatic rings. The molecule has 6 heteroatoms. The number of aromatic nitrogens is 3. The fourth-order valence-corrected chi connectivity index (χ4v) is 4.97. The van der Waals surface area contributed by atoms with E-state index in [1.54, 1.807) is 0 Å². The maximum atomic E-state index is 10.0. The van der Waals surface area contributed by atoms with Gasteiger partial charge in [0.1, 0.15) is 11.4 Å². The van der Waals surface area contributed by atoms with Crippen LogP contribution < -0.4 is 4.90 Å². The maximum Gasteiger partial charge on any atom is 0.152 e. The summed E-state index contributed by atoms with van der Waals surface area (Å²) in [5, 5.41) is 11.2. The normalized spacial score (nSPS) is 20.9. The lowest BCUT2D eigenvalue weighted by molar-refractivity contribution is 0.109. The number of hydrogen-bond acceptors (Lipinski definition) is 5. The summed E-state index contributed by atoms with van der Waals surface area (Å²) in [6, 6.07) is 10.4. The van der Waals surface area contributed by atoms with Crippen molar-refractivity contribution in [2.24, 2.45) is 12.5 Å². The van der Waals surface area contributed by atoms with Gasteiger partial charge in [-0.3, -0.25) is 0 Å². The molecular weight excluding hydrogens is 376 g/mol. The Hall–Kier alpha value is -2.70. The Morgan fingerprint density at radius 1 is 1.30 bits per heavy atom. The minimum atomic E-state index is -0.122. The number of aryl methyl sites for hydroxylation is 1. The Labute approximate surface area is 176 Å². The first kappa shape index (κ1) is 19.3.